The fourth-order valence-corrected chi connectivity index (χ4v) is 5.93. The first-order valence-corrected chi connectivity index (χ1v) is 13.6. The normalized spacial score (nSPS) is 11.2. The van der Waals surface area contributed by atoms with Crippen molar-refractivity contribution in [1.29, 1.82) is 0 Å². The van der Waals surface area contributed by atoms with Gasteiger partial charge in [0.05, 0.1) is 18.5 Å². The van der Waals surface area contributed by atoms with Crippen molar-refractivity contribution in [2.45, 2.75) is 13.3 Å². The van der Waals surface area contributed by atoms with Crippen LogP contribution in [0.25, 0.3) is 43.5 Å². The highest BCUT2D eigenvalue weighted by atomic mass is 32.1. The molecule has 0 aliphatic carbocycles. The Morgan fingerprint density at radius 2 is 1.77 bits per heavy atom. The Labute approximate surface area is 230 Å². The Hall–Kier alpha value is -4.62. The van der Waals surface area contributed by atoms with Crippen molar-refractivity contribution in [3.05, 3.63) is 101 Å². The van der Waals surface area contributed by atoms with Gasteiger partial charge in [-0.25, -0.2) is 4.98 Å². The van der Waals surface area contributed by atoms with Crippen molar-refractivity contribution in [2.24, 2.45) is 0 Å². The number of nitrogen functional groups attached to an aromatic ring is 1. The van der Waals surface area contributed by atoms with Gasteiger partial charge in [0.2, 0.25) is 0 Å². The number of aromatic amines is 1. The highest BCUT2D eigenvalue weighted by molar-refractivity contribution is 7.21. The third kappa shape index (κ3) is 4.73. The number of aromatic nitrogens is 2. The van der Waals surface area contributed by atoms with Crippen molar-refractivity contribution in [2.75, 3.05) is 19.4 Å². The Kier molecular flexibility index (Phi) is 6.50. The molecule has 7 heteroatoms. The quantitative estimate of drug-likeness (QED) is 0.207. The van der Waals surface area contributed by atoms with Gasteiger partial charge in [0.15, 0.2) is 0 Å². The van der Waals surface area contributed by atoms with E-state index in [-0.39, 0.29) is 5.91 Å². The molecule has 6 nitrogen and oxygen atoms in total. The molecule has 3 aromatic carbocycles. The molecule has 3 heterocycles. The number of thiophene rings is 1. The molecular formula is C32H28N4O2S. The summed E-state index contributed by atoms with van der Waals surface area (Å²) in [7, 11) is 1.65. The van der Waals surface area contributed by atoms with E-state index in [1.165, 1.54) is 27.8 Å². The number of hydrogen-bond donors (Lipinski definition) is 3. The lowest BCUT2D eigenvalue weighted by atomic mass is 9.98. The summed E-state index contributed by atoms with van der Waals surface area (Å²) >= 11 is 1.33. The average Bonchev–Trinajstić information content (AvgIpc) is 3.54. The predicted molar refractivity (Wildman–Crippen MR) is 161 cm³/mol. The standard InChI is InChI=1S/C32H28N4O2S/c1-19-7-9-20(10-8-19)25-17-27(21-11-13-23(38-2)14-12-21)36-32-28(25)29(33)30(39-32)31(37)34-16-15-22-18-35-26-6-4-3-5-24(22)26/h3-14,17-18,35H,15-16,33H2,1-2H3,(H,34,37). The summed E-state index contributed by atoms with van der Waals surface area (Å²) in [5.41, 5.74) is 14.3. The summed E-state index contributed by atoms with van der Waals surface area (Å²) < 4.78 is 5.32. The van der Waals surface area contributed by atoms with E-state index in [0.29, 0.717) is 17.1 Å². The lowest BCUT2D eigenvalue weighted by Crippen LogP contribution is -2.25. The zero-order chi connectivity index (χ0) is 26.9. The predicted octanol–water partition coefficient (Wildman–Crippen LogP) is 6.98. The number of nitrogens with one attached hydrogen (secondary N) is 2. The number of benzene rings is 3. The van der Waals surface area contributed by atoms with E-state index in [9.17, 15) is 4.79 Å². The Bertz CT molecular complexity index is 1800. The number of aryl methyl sites for hydroxylation is 1. The summed E-state index contributed by atoms with van der Waals surface area (Å²) in [5.74, 6) is 0.599. The number of carbonyl (C=O) groups excluding carboxylic acids is 1. The van der Waals surface area contributed by atoms with Gasteiger partial charge in [-0.1, -0.05) is 48.0 Å². The second kappa shape index (κ2) is 10.3. The largest absolute Gasteiger partial charge is 0.497 e. The van der Waals surface area contributed by atoms with E-state index < -0.39 is 0 Å². The molecule has 0 saturated heterocycles. The SMILES string of the molecule is COc1ccc(-c2cc(-c3ccc(C)cc3)c3c(N)c(C(=O)NCCc4c[nH]c5ccccc45)sc3n2)cc1. The van der Waals surface area contributed by atoms with Crippen LogP contribution < -0.4 is 15.8 Å². The molecule has 4 N–H and O–H groups in total. The van der Waals surface area contributed by atoms with Crippen LogP contribution in [0.3, 0.4) is 0 Å². The van der Waals surface area contributed by atoms with Crippen molar-refractivity contribution >= 4 is 44.1 Å². The zero-order valence-corrected chi connectivity index (χ0v) is 22.6. The third-order valence-electron chi connectivity index (χ3n) is 7.01. The van der Waals surface area contributed by atoms with Gasteiger partial charge in [-0.2, -0.15) is 0 Å². The first kappa shape index (κ1) is 24.7. The zero-order valence-electron chi connectivity index (χ0n) is 21.7. The number of H-pyrrole nitrogens is 1. The Morgan fingerprint density at radius 1 is 1.03 bits per heavy atom. The number of anilines is 1. The number of pyridine rings is 1. The van der Waals surface area contributed by atoms with E-state index in [4.69, 9.17) is 15.5 Å². The second-order valence-electron chi connectivity index (χ2n) is 9.54. The van der Waals surface area contributed by atoms with E-state index in [1.807, 2.05) is 48.7 Å². The molecule has 0 saturated carbocycles. The maximum absolute atomic E-state index is 13.3. The smallest absolute Gasteiger partial charge is 0.263 e. The van der Waals surface area contributed by atoms with Gasteiger partial charge < -0.3 is 20.8 Å². The Morgan fingerprint density at radius 3 is 2.54 bits per heavy atom. The highest BCUT2D eigenvalue weighted by Gasteiger charge is 2.21. The molecule has 0 bridgehead atoms. The number of nitrogens with two attached hydrogens (primary N) is 1. The molecule has 0 spiro atoms. The molecule has 3 aromatic heterocycles. The molecule has 0 aliphatic heterocycles. The van der Waals surface area contributed by atoms with Gasteiger partial charge >= 0.3 is 0 Å². The average molecular weight is 533 g/mol. The number of nitrogens with zero attached hydrogens (tertiary/aromatic N) is 1. The minimum Gasteiger partial charge on any atom is -0.497 e. The first-order valence-electron chi connectivity index (χ1n) is 12.8. The van der Waals surface area contributed by atoms with Gasteiger partial charge in [0.1, 0.15) is 15.5 Å². The molecule has 194 valence electrons. The number of carbonyl (C=O) groups is 1. The van der Waals surface area contributed by atoms with Gasteiger partial charge in [0.25, 0.3) is 5.91 Å². The van der Waals surface area contributed by atoms with Crippen LogP contribution in [0.15, 0.2) is 85.1 Å². The lowest BCUT2D eigenvalue weighted by Gasteiger charge is -2.10. The topological polar surface area (TPSA) is 93.0 Å². The van der Waals surface area contributed by atoms with Crippen LogP contribution >= 0.6 is 11.3 Å². The molecule has 1 amide bonds. The monoisotopic (exact) mass is 532 g/mol. The number of rotatable bonds is 7. The van der Waals surface area contributed by atoms with Crippen LogP contribution in [0.5, 0.6) is 5.75 Å². The maximum atomic E-state index is 13.3. The summed E-state index contributed by atoms with van der Waals surface area (Å²) in [5, 5.41) is 5.05. The number of hydrogen-bond acceptors (Lipinski definition) is 5. The number of methoxy groups -OCH3 is 1. The summed E-state index contributed by atoms with van der Waals surface area (Å²) in [6.45, 7) is 2.57. The number of fused-ring (bicyclic) bond motifs is 2. The minimum atomic E-state index is -0.184. The molecule has 0 atom stereocenters. The lowest BCUT2D eigenvalue weighted by molar-refractivity contribution is 0.0959. The first-order chi connectivity index (χ1) is 19.0. The molecule has 0 aliphatic rings. The number of amides is 1. The van der Waals surface area contributed by atoms with Gasteiger partial charge in [-0.3, -0.25) is 4.79 Å². The van der Waals surface area contributed by atoms with Crippen molar-refractivity contribution < 1.29 is 9.53 Å². The van der Waals surface area contributed by atoms with Crippen LogP contribution in [0.4, 0.5) is 5.69 Å². The van der Waals surface area contributed by atoms with E-state index >= 15 is 0 Å². The van der Waals surface area contributed by atoms with Crippen molar-refractivity contribution in [3.63, 3.8) is 0 Å². The molecule has 39 heavy (non-hydrogen) atoms. The van der Waals surface area contributed by atoms with Crippen molar-refractivity contribution in [1.82, 2.24) is 15.3 Å². The summed E-state index contributed by atoms with van der Waals surface area (Å²) in [4.78, 5) is 22.8. The van der Waals surface area contributed by atoms with E-state index in [2.05, 4.69) is 53.6 Å². The summed E-state index contributed by atoms with van der Waals surface area (Å²) in [6, 6.07) is 26.4. The van der Waals surface area contributed by atoms with Crippen LogP contribution in [0, 0.1) is 6.92 Å². The molecule has 0 unspecified atom stereocenters. The summed E-state index contributed by atoms with van der Waals surface area (Å²) in [6.07, 6.45) is 2.72. The van der Waals surface area contributed by atoms with Crippen LogP contribution in [0.2, 0.25) is 0 Å². The molecular weight excluding hydrogens is 504 g/mol. The highest BCUT2D eigenvalue weighted by Crippen LogP contribution is 2.41. The second-order valence-corrected chi connectivity index (χ2v) is 10.5. The van der Waals surface area contributed by atoms with E-state index in [0.717, 1.165) is 50.3 Å². The fourth-order valence-electron chi connectivity index (χ4n) is 4.89. The molecule has 0 fully saturated rings. The van der Waals surface area contributed by atoms with Crippen LogP contribution in [-0.2, 0) is 6.42 Å². The van der Waals surface area contributed by atoms with Gasteiger partial charge in [-0.15, -0.1) is 11.3 Å². The maximum Gasteiger partial charge on any atom is 0.263 e. The van der Waals surface area contributed by atoms with Crippen molar-refractivity contribution in [3.8, 4) is 28.1 Å². The Balaban J connectivity index is 1.35. The minimum absolute atomic E-state index is 0.184. The molecule has 0 radical (unpaired) electrons. The fraction of sp³-hybridized carbons (Fsp3) is 0.125. The molecule has 6 rings (SSSR count). The van der Waals surface area contributed by atoms with Crippen LogP contribution in [-0.4, -0.2) is 29.5 Å². The number of ether oxygens (including phenoxy) is 1. The molecule has 6 aromatic rings. The van der Waals surface area contributed by atoms with E-state index in [1.54, 1.807) is 7.11 Å². The van der Waals surface area contributed by atoms with Gasteiger partial charge in [-0.05, 0) is 66.4 Å². The van der Waals surface area contributed by atoms with Crippen LogP contribution in [0.1, 0.15) is 20.8 Å². The third-order valence-corrected chi connectivity index (χ3v) is 8.11. The van der Waals surface area contributed by atoms with Gasteiger partial charge in [0, 0.05) is 34.6 Å². The number of para-hydroxylation sites is 1.